The molecule has 0 saturated carbocycles. The largest absolute Gasteiger partial charge is 0.493 e. The Morgan fingerprint density at radius 3 is 2.54 bits per heavy atom. The van der Waals surface area contributed by atoms with Gasteiger partial charge in [-0.1, -0.05) is 0 Å². The number of aromatic nitrogens is 2. The van der Waals surface area contributed by atoms with Crippen molar-refractivity contribution in [2.75, 3.05) is 82.9 Å². The molecular formula is C26H38F2N6O3. The molecule has 3 aliphatic rings. The quantitative estimate of drug-likeness (QED) is 0.410. The van der Waals surface area contributed by atoms with E-state index in [-0.39, 0.29) is 32.0 Å². The van der Waals surface area contributed by atoms with E-state index in [1.165, 1.54) is 25.9 Å². The first-order valence-corrected chi connectivity index (χ1v) is 13.4. The van der Waals surface area contributed by atoms with E-state index in [2.05, 4.69) is 15.5 Å². The van der Waals surface area contributed by atoms with Crippen molar-refractivity contribution in [1.29, 1.82) is 0 Å². The van der Waals surface area contributed by atoms with Crippen LogP contribution in [0.4, 0.5) is 20.5 Å². The van der Waals surface area contributed by atoms with Crippen LogP contribution in [-0.4, -0.2) is 99.6 Å². The Kier molecular flexibility index (Phi) is 8.41. The van der Waals surface area contributed by atoms with Gasteiger partial charge in [0.15, 0.2) is 11.5 Å². The molecule has 0 spiro atoms. The summed E-state index contributed by atoms with van der Waals surface area (Å²) in [6.45, 7) is 7.22. The summed E-state index contributed by atoms with van der Waals surface area (Å²) in [7, 11) is 1.62. The van der Waals surface area contributed by atoms with Crippen molar-refractivity contribution in [1.82, 2.24) is 20.2 Å². The van der Waals surface area contributed by atoms with Crippen molar-refractivity contribution < 1.29 is 23.0 Å². The van der Waals surface area contributed by atoms with Crippen LogP contribution in [0.2, 0.25) is 0 Å². The second-order valence-electron chi connectivity index (χ2n) is 10.1. The summed E-state index contributed by atoms with van der Waals surface area (Å²) < 4.78 is 45.2. The van der Waals surface area contributed by atoms with Crippen LogP contribution in [0.25, 0.3) is 10.9 Å². The smallest absolute Gasteiger partial charge is 0.251 e. The van der Waals surface area contributed by atoms with Crippen molar-refractivity contribution in [2.45, 2.75) is 44.1 Å². The number of fused-ring (bicyclic) bond motifs is 1. The first-order chi connectivity index (χ1) is 18.0. The second-order valence-corrected chi connectivity index (χ2v) is 10.1. The van der Waals surface area contributed by atoms with Crippen molar-refractivity contribution in [3.8, 4) is 11.5 Å². The molecule has 11 heteroatoms. The number of nitrogens with one attached hydrogen (secondary N) is 2. The lowest BCUT2D eigenvalue weighted by Gasteiger charge is -2.32. The van der Waals surface area contributed by atoms with Gasteiger partial charge in [0, 0.05) is 63.6 Å². The third kappa shape index (κ3) is 6.69. The normalized spacial score (nSPS) is 20.2. The Morgan fingerprint density at radius 2 is 1.84 bits per heavy atom. The van der Waals surface area contributed by atoms with Crippen molar-refractivity contribution in [2.24, 2.45) is 0 Å². The SMILES string of the molecule is COc1cc2c(NCCOC3CNC3)nc(N3CCC(F)(F)CC3)nc2cc1OCCCN1CCCC1. The van der Waals surface area contributed by atoms with Gasteiger partial charge in [0.05, 0.1) is 31.9 Å². The molecule has 9 nitrogen and oxygen atoms in total. The number of rotatable bonds is 12. The number of likely N-dealkylation sites (tertiary alicyclic amines) is 1. The van der Waals surface area contributed by atoms with Gasteiger partial charge in [-0.05, 0) is 38.4 Å². The molecule has 1 aromatic heterocycles. The highest BCUT2D eigenvalue weighted by molar-refractivity contribution is 5.92. The summed E-state index contributed by atoms with van der Waals surface area (Å²) in [5, 5.41) is 7.35. The molecule has 3 aliphatic heterocycles. The van der Waals surface area contributed by atoms with E-state index < -0.39 is 5.92 Å². The van der Waals surface area contributed by atoms with Crippen LogP contribution in [-0.2, 0) is 4.74 Å². The van der Waals surface area contributed by atoms with Crippen LogP contribution in [0.1, 0.15) is 32.1 Å². The number of nitrogens with zero attached hydrogens (tertiary/aromatic N) is 4. The van der Waals surface area contributed by atoms with Gasteiger partial charge in [-0.25, -0.2) is 13.8 Å². The summed E-state index contributed by atoms with van der Waals surface area (Å²) in [5.74, 6) is -0.321. The predicted molar refractivity (Wildman–Crippen MR) is 139 cm³/mol. The zero-order valence-corrected chi connectivity index (χ0v) is 21.6. The van der Waals surface area contributed by atoms with Gasteiger partial charge in [-0.2, -0.15) is 4.98 Å². The zero-order chi connectivity index (χ0) is 25.7. The van der Waals surface area contributed by atoms with Gasteiger partial charge >= 0.3 is 0 Å². The van der Waals surface area contributed by atoms with Crippen LogP contribution in [0.3, 0.4) is 0 Å². The molecule has 204 valence electrons. The number of halogens is 2. The Bertz CT molecular complexity index is 1040. The average Bonchev–Trinajstić information content (AvgIpc) is 3.38. The first-order valence-electron chi connectivity index (χ1n) is 13.4. The molecule has 0 amide bonds. The fraction of sp³-hybridized carbons (Fsp3) is 0.692. The second kappa shape index (κ2) is 11.9. The lowest BCUT2D eigenvalue weighted by Crippen LogP contribution is -2.48. The maximum absolute atomic E-state index is 13.8. The Hall–Kier alpha value is -2.50. The molecule has 2 aromatic rings. The third-order valence-electron chi connectivity index (χ3n) is 7.31. The van der Waals surface area contributed by atoms with E-state index in [4.69, 9.17) is 24.2 Å². The number of ether oxygens (including phenoxy) is 3. The number of alkyl halides is 2. The number of piperidine rings is 1. The molecule has 0 bridgehead atoms. The standard InChI is InChI=1S/C26H38F2N6O3/c1-35-22-15-20-21(16-23(22)37-13-4-10-33-8-2-3-9-33)31-25(34-11-5-26(27,28)6-12-34)32-24(20)30-7-14-36-19-17-29-18-19/h15-16,19,29H,2-14,17-18H2,1H3,(H,30,31,32). The molecule has 0 aliphatic carbocycles. The molecule has 37 heavy (non-hydrogen) atoms. The summed E-state index contributed by atoms with van der Waals surface area (Å²) in [5.41, 5.74) is 0.685. The summed E-state index contributed by atoms with van der Waals surface area (Å²) in [6, 6.07) is 3.76. The number of benzene rings is 1. The van der Waals surface area contributed by atoms with Crippen molar-refractivity contribution in [3.63, 3.8) is 0 Å². The van der Waals surface area contributed by atoms with E-state index >= 15 is 0 Å². The number of hydrogen-bond acceptors (Lipinski definition) is 9. The molecule has 2 N–H and O–H groups in total. The van der Waals surface area contributed by atoms with Gasteiger partial charge < -0.3 is 34.6 Å². The minimum Gasteiger partial charge on any atom is -0.493 e. The van der Waals surface area contributed by atoms with Gasteiger partial charge in [0.1, 0.15) is 5.82 Å². The molecule has 3 saturated heterocycles. The molecule has 1 aromatic carbocycles. The lowest BCUT2D eigenvalue weighted by molar-refractivity contribution is -0.0222. The van der Waals surface area contributed by atoms with Crippen LogP contribution < -0.4 is 25.0 Å². The van der Waals surface area contributed by atoms with Crippen molar-refractivity contribution >= 4 is 22.7 Å². The van der Waals surface area contributed by atoms with E-state index in [9.17, 15) is 8.78 Å². The van der Waals surface area contributed by atoms with E-state index in [1.807, 2.05) is 17.0 Å². The number of methoxy groups -OCH3 is 1. The maximum Gasteiger partial charge on any atom is 0.251 e. The average molecular weight is 521 g/mol. The minimum absolute atomic E-state index is 0.200. The van der Waals surface area contributed by atoms with Crippen LogP contribution in [0.5, 0.6) is 11.5 Å². The highest BCUT2D eigenvalue weighted by atomic mass is 19.3. The summed E-state index contributed by atoms with van der Waals surface area (Å²) in [6.07, 6.45) is 3.33. The number of anilines is 2. The highest BCUT2D eigenvalue weighted by Crippen LogP contribution is 2.36. The molecular weight excluding hydrogens is 482 g/mol. The van der Waals surface area contributed by atoms with Crippen LogP contribution in [0.15, 0.2) is 12.1 Å². The van der Waals surface area contributed by atoms with Crippen LogP contribution >= 0.6 is 0 Å². The van der Waals surface area contributed by atoms with Gasteiger partial charge in [-0.3, -0.25) is 0 Å². The van der Waals surface area contributed by atoms with Crippen LogP contribution in [0, 0.1) is 0 Å². The minimum atomic E-state index is -2.63. The van der Waals surface area contributed by atoms with E-state index in [0.717, 1.165) is 31.4 Å². The van der Waals surface area contributed by atoms with E-state index in [1.54, 1.807) is 7.11 Å². The molecule has 5 rings (SSSR count). The van der Waals surface area contributed by atoms with Gasteiger partial charge in [0.25, 0.3) is 5.92 Å². The topological polar surface area (TPSA) is 84.0 Å². The molecule has 0 atom stereocenters. The van der Waals surface area contributed by atoms with Crippen molar-refractivity contribution in [3.05, 3.63) is 12.1 Å². The monoisotopic (exact) mass is 520 g/mol. The predicted octanol–water partition coefficient (Wildman–Crippen LogP) is 3.14. The number of hydrogen-bond donors (Lipinski definition) is 2. The fourth-order valence-corrected chi connectivity index (χ4v) is 4.96. The molecule has 4 heterocycles. The summed E-state index contributed by atoms with van der Waals surface area (Å²) >= 11 is 0. The Balaban J connectivity index is 1.34. The highest BCUT2D eigenvalue weighted by Gasteiger charge is 2.35. The molecule has 3 fully saturated rings. The van der Waals surface area contributed by atoms with Gasteiger partial charge in [-0.15, -0.1) is 0 Å². The molecule has 0 unspecified atom stereocenters. The zero-order valence-electron chi connectivity index (χ0n) is 21.6. The molecule has 0 radical (unpaired) electrons. The Labute approximate surface area is 216 Å². The summed E-state index contributed by atoms with van der Waals surface area (Å²) in [4.78, 5) is 13.8. The first kappa shape index (κ1) is 26.1. The fourth-order valence-electron chi connectivity index (χ4n) is 4.96. The lowest BCUT2D eigenvalue weighted by atomic mass is 10.1. The van der Waals surface area contributed by atoms with E-state index in [0.29, 0.717) is 48.5 Å². The maximum atomic E-state index is 13.8. The van der Waals surface area contributed by atoms with Gasteiger partial charge in [0.2, 0.25) is 5.95 Å². The Morgan fingerprint density at radius 1 is 1.05 bits per heavy atom. The third-order valence-corrected chi connectivity index (χ3v) is 7.31.